The van der Waals surface area contributed by atoms with E-state index >= 15 is 0 Å². The zero-order valence-electron chi connectivity index (χ0n) is 8.85. The van der Waals surface area contributed by atoms with Crippen molar-refractivity contribution in [2.45, 2.75) is 52.7 Å². The monoisotopic (exact) mass is 168 g/mol. The molecule has 2 atom stereocenters. The lowest BCUT2D eigenvalue weighted by molar-refractivity contribution is -0.0553. The van der Waals surface area contributed by atoms with E-state index in [1.54, 1.807) is 0 Å². The summed E-state index contributed by atoms with van der Waals surface area (Å²) < 4.78 is 5.98. The van der Waals surface area contributed by atoms with E-state index in [-0.39, 0.29) is 5.60 Å². The smallest absolute Gasteiger partial charge is 0.0917 e. The third-order valence-electron chi connectivity index (χ3n) is 3.01. The van der Waals surface area contributed by atoms with E-state index in [9.17, 15) is 0 Å². The van der Waals surface area contributed by atoms with Crippen LogP contribution in [0, 0.1) is 5.92 Å². The Labute approximate surface area is 75.8 Å². The molecule has 0 aromatic rings. The molecule has 1 rings (SSSR count). The van der Waals surface area contributed by atoms with Gasteiger partial charge in [0.2, 0.25) is 0 Å². The molecule has 0 N–H and O–H groups in total. The fourth-order valence-corrected chi connectivity index (χ4v) is 2.31. The maximum absolute atomic E-state index is 5.98. The van der Waals surface area contributed by atoms with Crippen LogP contribution in [0.15, 0.2) is 11.6 Å². The zero-order chi connectivity index (χ0) is 9.35. The van der Waals surface area contributed by atoms with E-state index in [2.05, 4.69) is 40.7 Å². The van der Waals surface area contributed by atoms with Gasteiger partial charge in [-0.15, -0.1) is 0 Å². The highest BCUT2D eigenvalue weighted by molar-refractivity contribution is 5.22. The molecular weight excluding hydrogens is 148 g/mol. The van der Waals surface area contributed by atoms with Crippen molar-refractivity contribution in [2.75, 3.05) is 0 Å². The molecule has 0 radical (unpaired) electrons. The van der Waals surface area contributed by atoms with Crippen LogP contribution in [0.25, 0.3) is 0 Å². The van der Waals surface area contributed by atoms with E-state index < -0.39 is 0 Å². The molecule has 0 saturated heterocycles. The summed E-state index contributed by atoms with van der Waals surface area (Å²) in [5.41, 5.74) is 1.44. The first-order valence-electron chi connectivity index (χ1n) is 4.89. The molecule has 0 bridgehead atoms. The van der Waals surface area contributed by atoms with Gasteiger partial charge in [0.1, 0.15) is 0 Å². The maximum Gasteiger partial charge on any atom is 0.0917 e. The normalized spacial score (nSPS) is 35.8. The molecule has 1 aliphatic heterocycles. The van der Waals surface area contributed by atoms with Crippen LogP contribution in [0.4, 0.5) is 0 Å². The van der Waals surface area contributed by atoms with Crippen molar-refractivity contribution in [3.8, 4) is 0 Å². The van der Waals surface area contributed by atoms with Gasteiger partial charge in [0, 0.05) is 0 Å². The van der Waals surface area contributed by atoms with Gasteiger partial charge < -0.3 is 4.74 Å². The molecular formula is C11H20O. The number of hydrogen-bond donors (Lipinski definition) is 0. The Morgan fingerprint density at radius 1 is 1.58 bits per heavy atom. The highest BCUT2D eigenvalue weighted by atomic mass is 16.5. The molecule has 70 valence electrons. The van der Waals surface area contributed by atoms with E-state index in [0.717, 1.165) is 6.42 Å². The van der Waals surface area contributed by atoms with Gasteiger partial charge in [0.05, 0.1) is 11.7 Å². The molecule has 12 heavy (non-hydrogen) atoms. The fraction of sp³-hybridized carbons (Fsp3) is 0.818. The van der Waals surface area contributed by atoms with E-state index in [4.69, 9.17) is 4.74 Å². The molecule has 0 aromatic carbocycles. The summed E-state index contributed by atoms with van der Waals surface area (Å²) in [6, 6.07) is 0. The molecule has 0 fully saturated rings. The predicted octanol–water partition coefficient (Wildman–Crippen LogP) is 3.16. The van der Waals surface area contributed by atoms with E-state index in [0.29, 0.717) is 12.0 Å². The average Bonchev–Trinajstić information content (AvgIpc) is 2.26. The molecule has 0 aromatic heterocycles. The van der Waals surface area contributed by atoms with Crippen molar-refractivity contribution in [2.24, 2.45) is 5.92 Å². The summed E-state index contributed by atoms with van der Waals surface area (Å²) in [7, 11) is 0. The predicted molar refractivity (Wildman–Crippen MR) is 52.2 cm³/mol. The molecule has 1 heteroatoms. The van der Waals surface area contributed by atoms with Gasteiger partial charge >= 0.3 is 0 Å². The Morgan fingerprint density at radius 2 is 2.17 bits per heavy atom. The molecule has 0 aliphatic carbocycles. The van der Waals surface area contributed by atoms with Crippen LogP contribution in [0.1, 0.15) is 41.0 Å². The lowest BCUT2D eigenvalue weighted by Gasteiger charge is -2.34. The standard InChI is InChI=1S/C11H20O/c1-6-11(8(2)3)9(4)7-10(5)12-11/h7-8,10H,6H2,1-5H3. The van der Waals surface area contributed by atoms with Crippen LogP contribution in [-0.2, 0) is 4.74 Å². The van der Waals surface area contributed by atoms with Crippen LogP contribution >= 0.6 is 0 Å². The van der Waals surface area contributed by atoms with Crippen LogP contribution in [0.2, 0.25) is 0 Å². The first-order valence-corrected chi connectivity index (χ1v) is 4.89. The Bertz CT molecular complexity index is 193. The third-order valence-corrected chi connectivity index (χ3v) is 3.01. The quantitative estimate of drug-likeness (QED) is 0.575. The van der Waals surface area contributed by atoms with Crippen molar-refractivity contribution >= 4 is 0 Å². The topological polar surface area (TPSA) is 9.23 Å². The lowest BCUT2D eigenvalue weighted by atomic mass is 9.82. The van der Waals surface area contributed by atoms with Gasteiger partial charge in [-0.05, 0) is 31.8 Å². The Balaban J connectivity index is 2.90. The van der Waals surface area contributed by atoms with Gasteiger partial charge in [-0.25, -0.2) is 0 Å². The van der Waals surface area contributed by atoms with Crippen LogP contribution < -0.4 is 0 Å². The van der Waals surface area contributed by atoms with Gasteiger partial charge in [0.15, 0.2) is 0 Å². The van der Waals surface area contributed by atoms with Crippen molar-refractivity contribution in [3.63, 3.8) is 0 Å². The molecule has 0 amide bonds. The summed E-state index contributed by atoms with van der Waals surface area (Å²) in [4.78, 5) is 0. The summed E-state index contributed by atoms with van der Waals surface area (Å²) >= 11 is 0. The first kappa shape index (κ1) is 9.79. The largest absolute Gasteiger partial charge is 0.363 e. The van der Waals surface area contributed by atoms with E-state index in [1.807, 2.05) is 0 Å². The Morgan fingerprint density at radius 3 is 2.33 bits per heavy atom. The third kappa shape index (κ3) is 1.31. The second kappa shape index (κ2) is 3.21. The molecule has 1 nitrogen and oxygen atoms in total. The summed E-state index contributed by atoms with van der Waals surface area (Å²) in [6.07, 6.45) is 3.62. The molecule has 1 heterocycles. The first-order chi connectivity index (χ1) is 5.53. The highest BCUT2D eigenvalue weighted by Gasteiger charge is 2.39. The molecule has 0 saturated carbocycles. The Kier molecular flexibility index (Phi) is 2.62. The number of rotatable bonds is 2. The second-order valence-electron chi connectivity index (χ2n) is 4.07. The van der Waals surface area contributed by atoms with Crippen molar-refractivity contribution in [1.29, 1.82) is 0 Å². The zero-order valence-corrected chi connectivity index (χ0v) is 8.85. The summed E-state index contributed by atoms with van der Waals surface area (Å²) in [5, 5.41) is 0. The Hall–Kier alpha value is -0.300. The van der Waals surface area contributed by atoms with E-state index in [1.165, 1.54) is 5.57 Å². The summed E-state index contributed by atoms with van der Waals surface area (Å²) in [6.45, 7) is 11.0. The van der Waals surface area contributed by atoms with Crippen molar-refractivity contribution in [1.82, 2.24) is 0 Å². The van der Waals surface area contributed by atoms with Crippen molar-refractivity contribution in [3.05, 3.63) is 11.6 Å². The lowest BCUT2D eigenvalue weighted by Crippen LogP contribution is -2.36. The minimum absolute atomic E-state index is 0.0272. The minimum Gasteiger partial charge on any atom is -0.363 e. The van der Waals surface area contributed by atoms with Crippen LogP contribution in [0.3, 0.4) is 0 Å². The molecule has 1 aliphatic rings. The van der Waals surface area contributed by atoms with Gasteiger partial charge in [-0.3, -0.25) is 0 Å². The van der Waals surface area contributed by atoms with Gasteiger partial charge in [0.25, 0.3) is 0 Å². The fourth-order valence-electron chi connectivity index (χ4n) is 2.31. The summed E-state index contributed by atoms with van der Waals surface area (Å²) in [5.74, 6) is 0.573. The minimum atomic E-state index is 0.0272. The maximum atomic E-state index is 5.98. The number of hydrogen-bond acceptors (Lipinski definition) is 1. The van der Waals surface area contributed by atoms with Crippen molar-refractivity contribution < 1.29 is 4.74 Å². The van der Waals surface area contributed by atoms with Crippen LogP contribution in [0.5, 0.6) is 0 Å². The molecule has 2 unspecified atom stereocenters. The SMILES string of the molecule is CCC1(C(C)C)OC(C)C=C1C. The highest BCUT2D eigenvalue weighted by Crippen LogP contribution is 2.39. The van der Waals surface area contributed by atoms with Gasteiger partial charge in [-0.1, -0.05) is 26.8 Å². The van der Waals surface area contributed by atoms with Crippen LogP contribution in [-0.4, -0.2) is 11.7 Å². The second-order valence-corrected chi connectivity index (χ2v) is 4.07. The number of ether oxygens (including phenoxy) is 1. The van der Waals surface area contributed by atoms with Gasteiger partial charge in [-0.2, -0.15) is 0 Å². The molecule has 0 spiro atoms. The average molecular weight is 168 g/mol.